The molecule has 0 aliphatic rings. The van der Waals surface area contributed by atoms with Gasteiger partial charge in [-0.15, -0.1) is 6.58 Å². The largest absolute Gasteiger partial charge is 0.383 e. The highest BCUT2D eigenvalue weighted by Crippen LogP contribution is 1.90. The fourth-order valence-corrected chi connectivity index (χ4v) is 1.02. The summed E-state index contributed by atoms with van der Waals surface area (Å²) in [5.41, 5.74) is 0. The Hall–Kier alpha value is -0.380. The first kappa shape index (κ1) is 13.6. The van der Waals surface area contributed by atoms with Gasteiger partial charge in [0.1, 0.15) is 0 Å². The van der Waals surface area contributed by atoms with E-state index >= 15 is 0 Å². The number of ether oxygens (including phenoxy) is 2. The van der Waals surface area contributed by atoms with E-state index in [9.17, 15) is 0 Å². The van der Waals surface area contributed by atoms with Crippen LogP contribution in [0.25, 0.3) is 0 Å². The van der Waals surface area contributed by atoms with Crippen LogP contribution >= 0.6 is 0 Å². The zero-order valence-corrected chi connectivity index (χ0v) is 9.26. The summed E-state index contributed by atoms with van der Waals surface area (Å²) >= 11 is 0. The van der Waals surface area contributed by atoms with Gasteiger partial charge < -0.3 is 14.8 Å². The molecule has 0 rings (SSSR count). The third kappa shape index (κ3) is 11.6. The zero-order chi connectivity index (χ0) is 10.5. The van der Waals surface area contributed by atoms with E-state index in [0.29, 0.717) is 0 Å². The normalized spacial score (nSPS) is 10.4. The van der Waals surface area contributed by atoms with Crippen molar-refractivity contribution in [3.63, 3.8) is 0 Å². The maximum atomic E-state index is 5.38. The quantitative estimate of drug-likeness (QED) is 0.407. The van der Waals surface area contributed by atoms with Crippen LogP contribution < -0.4 is 5.32 Å². The summed E-state index contributed by atoms with van der Waals surface area (Å²) < 4.78 is 10.3. The van der Waals surface area contributed by atoms with Gasteiger partial charge in [0.05, 0.1) is 6.61 Å². The van der Waals surface area contributed by atoms with Crippen molar-refractivity contribution in [2.45, 2.75) is 19.3 Å². The Bertz CT molecular complexity index is 118. The van der Waals surface area contributed by atoms with Gasteiger partial charge in [-0.1, -0.05) is 6.08 Å². The summed E-state index contributed by atoms with van der Waals surface area (Å²) in [7, 11) is 1.72. The SMILES string of the molecule is C=CCCOCCCCNCCOC. The van der Waals surface area contributed by atoms with Gasteiger partial charge in [-0.25, -0.2) is 0 Å². The monoisotopic (exact) mass is 201 g/mol. The third-order valence-corrected chi connectivity index (χ3v) is 1.84. The van der Waals surface area contributed by atoms with Gasteiger partial charge >= 0.3 is 0 Å². The topological polar surface area (TPSA) is 30.5 Å². The van der Waals surface area contributed by atoms with Gasteiger partial charge in [0, 0.05) is 26.9 Å². The molecule has 0 aromatic rings. The molecule has 0 unspecified atom stereocenters. The van der Waals surface area contributed by atoms with Crippen LogP contribution in [0.2, 0.25) is 0 Å². The first-order chi connectivity index (χ1) is 6.91. The molecule has 0 saturated heterocycles. The Morgan fingerprint density at radius 3 is 2.71 bits per heavy atom. The fraction of sp³-hybridized carbons (Fsp3) is 0.818. The van der Waals surface area contributed by atoms with Crippen molar-refractivity contribution in [2.24, 2.45) is 0 Å². The van der Waals surface area contributed by atoms with Crippen LogP contribution in [0, 0.1) is 0 Å². The molecule has 1 N–H and O–H groups in total. The van der Waals surface area contributed by atoms with E-state index < -0.39 is 0 Å². The Balaban J connectivity index is 2.81. The first-order valence-corrected chi connectivity index (χ1v) is 5.30. The van der Waals surface area contributed by atoms with Crippen LogP contribution in [0.1, 0.15) is 19.3 Å². The van der Waals surface area contributed by atoms with Crippen molar-refractivity contribution in [3.8, 4) is 0 Å². The van der Waals surface area contributed by atoms with Crippen LogP contribution in [0.5, 0.6) is 0 Å². The number of rotatable bonds is 11. The van der Waals surface area contributed by atoms with Crippen molar-refractivity contribution in [1.29, 1.82) is 0 Å². The lowest BCUT2D eigenvalue weighted by Crippen LogP contribution is -2.20. The van der Waals surface area contributed by atoms with E-state index in [2.05, 4.69) is 11.9 Å². The summed E-state index contributed by atoms with van der Waals surface area (Å²) in [6.45, 7) is 8.08. The average molecular weight is 201 g/mol. The first-order valence-electron chi connectivity index (χ1n) is 5.30. The molecule has 0 bridgehead atoms. The molecule has 3 heteroatoms. The van der Waals surface area contributed by atoms with Gasteiger partial charge in [0.15, 0.2) is 0 Å². The predicted molar refractivity (Wildman–Crippen MR) is 59.6 cm³/mol. The highest BCUT2D eigenvalue weighted by molar-refractivity contribution is 4.64. The Labute approximate surface area is 87.5 Å². The van der Waals surface area contributed by atoms with Crippen molar-refractivity contribution < 1.29 is 9.47 Å². The van der Waals surface area contributed by atoms with Gasteiger partial charge in [-0.2, -0.15) is 0 Å². The van der Waals surface area contributed by atoms with Gasteiger partial charge in [-0.3, -0.25) is 0 Å². The van der Waals surface area contributed by atoms with Crippen molar-refractivity contribution >= 4 is 0 Å². The minimum Gasteiger partial charge on any atom is -0.383 e. The summed E-state index contributed by atoms with van der Waals surface area (Å²) in [5.74, 6) is 0. The molecule has 0 fully saturated rings. The van der Waals surface area contributed by atoms with Crippen LogP contribution in [-0.4, -0.2) is 40.0 Å². The summed E-state index contributed by atoms with van der Waals surface area (Å²) in [4.78, 5) is 0. The molecule has 0 heterocycles. The smallest absolute Gasteiger partial charge is 0.0587 e. The second-order valence-corrected chi connectivity index (χ2v) is 3.14. The summed E-state index contributed by atoms with van der Waals surface area (Å²) in [6.07, 6.45) is 5.12. The number of hydrogen-bond donors (Lipinski definition) is 1. The van der Waals surface area contributed by atoms with Crippen LogP contribution in [-0.2, 0) is 9.47 Å². The maximum absolute atomic E-state index is 5.38. The van der Waals surface area contributed by atoms with Crippen LogP contribution in [0.4, 0.5) is 0 Å². The highest BCUT2D eigenvalue weighted by Gasteiger charge is 1.89. The van der Waals surface area contributed by atoms with E-state index in [4.69, 9.17) is 9.47 Å². The molecular formula is C11H23NO2. The molecule has 0 amide bonds. The molecule has 3 nitrogen and oxygen atoms in total. The van der Waals surface area contributed by atoms with E-state index in [1.165, 1.54) is 0 Å². The van der Waals surface area contributed by atoms with Crippen molar-refractivity contribution in [2.75, 3.05) is 40.0 Å². The maximum Gasteiger partial charge on any atom is 0.0587 e. The highest BCUT2D eigenvalue weighted by atomic mass is 16.5. The third-order valence-electron chi connectivity index (χ3n) is 1.84. The van der Waals surface area contributed by atoms with Crippen LogP contribution in [0.3, 0.4) is 0 Å². The van der Waals surface area contributed by atoms with E-state index in [1.54, 1.807) is 7.11 Å². The molecule has 0 saturated carbocycles. The molecule has 0 aromatic carbocycles. The fourth-order valence-electron chi connectivity index (χ4n) is 1.02. The zero-order valence-electron chi connectivity index (χ0n) is 9.26. The molecule has 14 heavy (non-hydrogen) atoms. The lowest BCUT2D eigenvalue weighted by atomic mass is 10.3. The Kier molecular flexibility index (Phi) is 12.3. The lowest BCUT2D eigenvalue weighted by Gasteiger charge is -2.04. The molecule has 84 valence electrons. The minimum absolute atomic E-state index is 0.788. The standard InChI is InChI=1S/C11H23NO2/c1-3-4-9-14-10-6-5-7-12-8-11-13-2/h3,12H,1,4-11H2,2H3. The average Bonchev–Trinajstić information content (AvgIpc) is 2.21. The number of methoxy groups -OCH3 is 1. The van der Waals surface area contributed by atoms with Gasteiger partial charge in [0.25, 0.3) is 0 Å². The summed E-state index contributed by atoms with van der Waals surface area (Å²) in [6, 6.07) is 0. The lowest BCUT2D eigenvalue weighted by molar-refractivity contribution is 0.134. The molecule has 0 atom stereocenters. The molecule has 0 spiro atoms. The molecule has 0 aromatic heterocycles. The van der Waals surface area contributed by atoms with Crippen LogP contribution in [0.15, 0.2) is 12.7 Å². The Morgan fingerprint density at radius 2 is 2.00 bits per heavy atom. The van der Waals surface area contributed by atoms with Crippen molar-refractivity contribution in [3.05, 3.63) is 12.7 Å². The van der Waals surface area contributed by atoms with Gasteiger partial charge in [-0.05, 0) is 25.8 Å². The number of hydrogen-bond acceptors (Lipinski definition) is 3. The van der Waals surface area contributed by atoms with E-state index in [-0.39, 0.29) is 0 Å². The van der Waals surface area contributed by atoms with Gasteiger partial charge in [0.2, 0.25) is 0 Å². The number of unbranched alkanes of at least 4 members (excludes halogenated alkanes) is 1. The summed E-state index contributed by atoms with van der Waals surface area (Å²) in [5, 5.41) is 3.29. The van der Waals surface area contributed by atoms with E-state index in [0.717, 1.165) is 52.2 Å². The predicted octanol–water partition coefficient (Wildman–Crippen LogP) is 1.60. The minimum atomic E-state index is 0.788. The molecular weight excluding hydrogens is 178 g/mol. The second kappa shape index (κ2) is 12.6. The number of nitrogens with one attached hydrogen (secondary N) is 1. The van der Waals surface area contributed by atoms with Crippen molar-refractivity contribution in [1.82, 2.24) is 5.32 Å². The van der Waals surface area contributed by atoms with E-state index in [1.807, 2.05) is 6.08 Å². The second-order valence-electron chi connectivity index (χ2n) is 3.14. The Morgan fingerprint density at radius 1 is 1.14 bits per heavy atom. The molecule has 0 aliphatic heterocycles. The molecule has 0 radical (unpaired) electrons. The molecule has 0 aliphatic carbocycles.